The fourth-order valence-electron chi connectivity index (χ4n) is 4.30. The van der Waals surface area contributed by atoms with Crippen molar-refractivity contribution in [2.24, 2.45) is 0 Å². The number of hydrogen-bond donors (Lipinski definition) is 3. The van der Waals surface area contributed by atoms with Crippen molar-refractivity contribution in [1.29, 1.82) is 0 Å². The first-order chi connectivity index (χ1) is 18.6. The van der Waals surface area contributed by atoms with E-state index in [4.69, 9.17) is 0 Å². The minimum Gasteiger partial charge on any atom is -0.299 e. The van der Waals surface area contributed by atoms with E-state index >= 15 is 0 Å². The molecule has 0 aromatic rings. The largest absolute Gasteiger partial charge is 0.299 e. The lowest BCUT2D eigenvalue weighted by molar-refractivity contribution is 0.283. The summed E-state index contributed by atoms with van der Waals surface area (Å²) in [5, 5.41) is 0. The summed E-state index contributed by atoms with van der Waals surface area (Å²) in [4.78, 5) is 6.73. The third-order valence-electron chi connectivity index (χ3n) is 6.31. The topological polar surface area (TPSA) is 173 Å². The molecule has 3 N–H and O–H groups in total. The van der Waals surface area contributed by atoms with E-state index in [1.165, 1.54) is 0 Å². The summed E-state index contributed by atoms with van der Waals surface area (Å²) in [6.07, 6.45) is 8.86. The van der Waals surface area contributed by atoms with E-state index in [1.807, 2.05) is 0 Å². The lowest BCUT2D eigenvalue weighted by Gasteiger charge is -2.35. The number of unbranched alkanes of at least 4 members (excludes halogenated alkanes) is 3. The molecule has 0 heterocycles. The van der Waals surface area contributed by atoms with Crippen molar-refractivity contribution in [2.75, 3.05) is 75.4 Å². The molecule has 12 nitrogen and oxygen atoms in total. The molecule has 0 radical (unpaired) electrons. The molecular weight excluding hydrogens is 601 g/mol. The van der Waals surface area contributed by atoms with Gasteiger partial charge in [0, 0.05) is 18.9 Å². The fourth-order valence-corrected chi connectivity index (χ4v) is 8.59. The molecule has 0 rings (SSSR count). The molecule has 0 aromatic heterocycles. The van der Waals surface area contributed by atoms with E-state index in [0.717, 1.165) is 77.0 Å². The molecular formula is C24H54N3O9PS3. The van der Waals surface area contributed by atoms with Gasteiger partial charge in [-0.05, 0) is 77.8 Å². The Morgan fingerprint density at radius 3 is 0.875 bits per heavy atom. The Kier molecular flexibility index (Phi) is 21.7. The summed E-state index contributed by atoms with van der Waals surface area (Å²) in [6.45, 7) is 10.2. The predicted octanol–water partition coefficient (Wildman–Crippen LogP) is 3.48. The second-order valence-corrected chi connectivity index (χ2v) is 17.3. The van der Waals surface area contributed by atoms with E-state index < -0.39 is 38.3 Å². The molecule has 0 saturated carbocycles. The predicted molar refractivity (Wildman–Crippen MR) is 164 cm³/mol. The van der Waals surface area contributed by atoms with Crippen LogP contribution < -0.4 is 0 Å². The SMILES string of the molecule is CCCCN(CCCS(=O)(=O)O)CP(CN(CCCC)CCCS(=O)(=O)O)CN(CCCC)CCCS(=O)(=O)O. The molecule has 0 amide bonds. The summed E-state index contributed by atoms with van der Waals surface area (Å²) < 4.78 is 95.3. The second-order valence-electron chi connectivity index (χ2n) is 10.4. The van der Waals surface area contributed by atoms with Crippen molar-refractivity contribution in [3.8, 4) is 0 Å². The van der Waals surface area contributed by atoms with Crippen LogP contribution in [0.3, 0.4) is 0 Å². The maximum Gasteiger partial charge on any atom is 0.264 e. The molecule has 0 saturated heterocycles. The van der Waals surface area contributed by atoms with Crippen LogP contribution in [0.2, 0.25) is 0 Å². The summed E-state index contributed by atoms with van der Waals surface area (Å²) in [5.41, 5.74) is 0. The molecule has 0 aliphatic carbocycles. The van der Waals surface area contributed by atoms with Gasteiger partial charge in [0.1, 0.15) is 0 Å². The number of nitrogens with zero attached hydrogens (tertiary/aromatic N) is 3. The molecule has 0 spiro atoms. The fraction of sp³-hybridized carbons (Fsp3) is 1.00. The highest BCUT2D eigenvalue weighted by Crippen LogP contribution is 2.38. The molecule has 0 aliphatic rings. The zero-order chi connectivity index (χ0) is 30.7. The van der Waals surface area contributed by atoms with Gasteiger partial charge >= 0.3 is 0 Å². The molecule has 0 atom stereocenters. The van der Waals surface area contributed by atoms with Crippen molar-refractivity contribution in [1.82, 2.24) is 14.7 Å². The maximum absolute atomic E-state index is 11.3. The average Bonchev–Trinajstić information content (AvgIpc) is 2.81. The molecule has 0 bridgehead atoms. The molecule has 0 fully saturated rings. The van der Waals surface area contributed by atoms with Crippen LogP contribution in [-0.2, 0) is 30.4 Å². The third-order valence-corrected chi connectivity index (χ3v) is 11.1. The lowest BCUT2D eigenvalue weighted by Crippen LogP contribution is -2.36. The zero-order valence-corrected chi connectivity index (χ0v) is 28.0. The van der Waals surface area contributed by atoms with Gasteiger partial charge in [0.05, 0.1) is 17.3 Å². The van der Waals surface area contributed by atoms with Crippen LogP contribution in [0.25, 0.3) is 0 Å². The highest BCUT2D eigenvalue weighted by Gasteiger charge is 2.21. The van der Waals surface area contributed by atoms with Gasteiger partial charge in [-0.2, -0.15) is 25.3 Å². The lowest BCUT2D eigenvalue weighted by atomic mass is 10.3. The van der Waals surface area contributed by atoms with E-state index in [2.05, 4.69) is 35.5 Å². The average molecular weight is 656 g/mol. The van der Waals surface area contributed by atoms with Crippen molar-refractivity contribution < 1.29 is 38.9 Å². The van der Waals surface area contributed by atoms with Crippen LogP contribution in [0, 0.1) is 0 Å². The van der Waals surface area contributed by atoms with Crippen molar-refractivity contribution >= 4 is 38.3 Å². The van der Waals surface area contributed by atoms with Crippen LogP contribution >= 0.6 is 7.92 Å². The molecule has 242 valence electrons. The zero-order valence-electron chi connectivity index (χ0n) is 24.7. The summed E-state index contributed by atoms with van der Waals surface area (Å²) in [6, 6.07) is 0. The van der Waals surface area contributed by atoms with Gasteiger partial charge in [0.15, 0.2) is 0 Å². The van der Waals surface area contributed by atoms with Gasteiger partial charge in [-0.15, -0.1) is 0 Å². The van der Waals surface area contributed by atoms with Crippen LogP contribution in [0.15, 0.2) is 0 Å². The summed E-state index contributed by atoms with van der Waals surface area (Å²) in [5.74, 6) is -0.905. The third kappa shape index (κ3) is 25.7. The molecule has 0 aromatic carbocycles. The molecule has 40 heavy (non-hydrogen) atoms. The first kappa shape index (κ1) is 40.0. The standard InChI is InChI=1S/C24H54N3O9PS3/c1-4-7-13-25(16-10-19-38(28,29)30)22-37(23-26(14-8-5-2)17-11-20-39(31,32)33)24-27(15-9-6-3)18-12-21-40(34,35)36/h4-24H2,1-3H3,(H,28,29,30)(H,31,32,33)(H,34,35,36). The minimum atomic E-state index is -4.05. The number of rotatable bonds is 27. The Morgan fingerprint density at radius 2 is 0.675 bits per heavy atom. The van der Waals surface area contributed by atoms with Gasteiger partial charge < -0.3 is 0 Å². The smallest absolute Gasteiger partial charge is 0.264 e. The highest BCUT2D eigenvalue weighted by atomic mass is 32.2. The van der Waals surface area contributed by atoms with Gasteiger partial charge in [-0.25, -0.2) is 0 Å². The van der Waals surface area contributed by atoms with Crippen molar-refractivity contribution in [3.63, 3.8) is 0 Å². The Labute approximate surface area is 245 Å². The van der Waals surface area contributed by atoms with Crippen LogP contribution in [-0.4, -0.2) is 129 Å². The Morgan fingerprint density at radius 1 is 0.450 bits per heavy atom. The molecule has 16 heteroatoms. The quantitative estimate of drug-likeness (QED) is 0.0870. The molecule has 0 aliphatic heterocycles. The minimum absolute atomic E-state index is 0.302. The van der Waals surface area contributed by atoms with E-state index in [0.29, 0.717) is 38.9 Å². The highest BCUT2D eigenvalue weighted by molar-refractivity contribution is 7.86. The molecule has 0 unspecified atom stereocenters. The van der Waals surface area contributed by atoms with Crippen LogP contribution in [0.1, 0.15) is 78.6 Å². The van der Waals surface area contributed by atoms with Gasteiger partial charge in [-0.1, -0.05) is 48.0 Å². The van der Waals surface area contributed by atoms with E-state index in [1.54, 1.807) is 0 Å². The van der Waals surface area contributed by atoms with Crippen LogP contribution in [0.5, 0.6) is 0 Å². The van der Waals surface area contributed by atoms with Crippen molar-refractivity contribution in [2.45, 2.75) is 78.6 Å². The monoisotopic (exact) mass is 655 g/mol. The Balaban J connectivity index is 5.83. The van der Waals surface area contributed by atoms with Gasteiger partial charge in [0.25, 0.3) is 30.4 Å². The number of hydrogen-bond acceptors (Lipinski definition) is 9. The normalized spacial score (nSPS) is 13.3. The van der Waals surface area contributed by atoms with E-state index in [-0.39, 0.29) is 17.3 Å². The first-order valence-corrected chi connectivity index (χ1v) is 21.1. The van der Waals surface area contributed by atoms with Crippen molar-refractivity contribution in [3.05, 3.63) is 0 Å². The first-order valence-electron chi connectivity index (χ1n) is 14.3. The summed E-state index contributed by atoms with van der Waals surface area (Å²) >= 11 is 0. The Hall–Kier alpha value is 0.0400. The van der Waals surface area contributed by atoms with Crippen LogP contribution in [0.4, 0.5) is 0 Å². The van der Waals surface area contributed by atoms with Gasteiger partial charge in [0.2, 0.25) is 0 Å². The maximum atomic E-state index is 11.3. The Bertz CT molecular complexity index is 844. The van der Waals surface area contributed by atoms with E-state index in [9.17, 15) is 38.9 Å². The summed E-state index contributed by atoms with van der Waals surface area (Å²) in [7, 11) is -12.9. The van der Waals surface area contributed by atoms with Gasteiger partial charge in [-0.3, -0.25) is 28.4 Å². The second kappa shape index (κ2) is 21.7.